The maximum Gasteiger partial charge on any atom is 0.349 e. The summed E-state index contributed by atoms with van der Waals surface area (Å²) in [5, 5.41) is 3.32. The van der Waals surface area contributed by atoms with Crippen LogP contribution in [0.3, 0.4) is 0 Å². The Labute approximate surface area is 194 Å². The minimum atomic E-state index is -3.80. The van der Waals surface area contributed by atoms with Gasteiger partial charge in [-0.05, 0) is 66.1 Å². The standard InChI is InChI=1S/C25H19FN2O5S/c26-19-6-9-21(10-7-19)34(31,32)28-12-11-16-5-8-20(13-18(16)15-28)27-24(29)22-14-17-3-1-2-4-23(17)33-25(22)30/h1-10,13-14H,11-12,15H2,(H,27,29). The lowest BCUT2D eigenvalue weighted by Gasteiger charge is -2.28. The highest BCUT2D eigenvalue weighted by Crippen LogP contribution is 2.27. The number of hydrogen-bond acceptors (Lipinski definition) is 5. The van der Waals surface area contributed by atoms with Crippen molar-refractivity contribution in [1.29, 1.82) is 0 Å². The Kier molecular flexibility index (Phi) is 5.51. The van der Waals surface area contributed by atoms with Gasteiger partial charge in [-0.1, -0.05) is 24.3 Å². The summed E-state index contributed by atoms with van der Waals surface area (Å²) in [7, 11) is -3.80. The number of hydrogen-bond donors (Lipinski definition) is 1. The quantitative estimate of drug-likeness (QED) is 0.449. The van der Waals surface area contributed by atoms with Gasteiger partial charge in [0.1, 0.15) is 17.0 Å². The molecule has 0 radical (unpaired) electrons. The van der Waals surface area contributed by atoms with E-state index in [9.17, 15) is 22.4 Å². The van der Waals surface area contributed by atoms with Crippen LogP contribution in [0, 0.1) is 5.82 Å². The van der Waals surface area contributed by atoms with E-state index in [1.165, 1.54) is 22.5 Å². The van der Waals surface area contributed by atoms with Gasteiger partial charge in [0.2, 0.25) is 10.0 Å². The number of amides is 1. The molecular formula is C25H19FN2O5S. The maximum atomic E-state index is 13.2. The zero-order valence-corrected chi connectivity index (χ0v) is 18.6. The van der Waals surface area contributed by atoms with Gasteiger partial charge in [0, 0.05) is 24.2 Å². The molecule has 1 amide bonds. The number of fused-ring (bicyclic) bond motifs is 2. The first-order valence-electron chi connectivity index (χ1n) is 10.5. The predicted molar refractivity (Wildman–Crippen MR) is 125 cm³/mol. The molecule has 3 aromatic carbocycles. The van der Waals surface area contributed by atoms with Crippen molar-refractivity contribution in [1.82, 2.24) is 4.31 Å². The average Bonchev–Trinajstić information content (AvgIpc) is 2.83. The molecule has 1 aliphatic heterocycles. The van der Waals surface area contributed by atoms with E-state index >= 15 is 0 Å². The molecule has 0 fully saturated rings. The van der Waals surface area contributed by atoms with E-state index < -0.39 is 27.4 Å². The SMILES string of the molecule is O=C(Nc1ccc2c(c1)CN(S(=O)(=O)c1ccc(F)cc1)CC2)c1cc2ccccc2oc1=O. The lowest BCUT2D eigenvalue weighted by atomic mass is 10.0. The summed E-state index contributed by atoms with van der Waals surface area (Å²) >= 11 is 0. The summed E-state index contributed by atoms with van der Waals surface area (Å²) in [6.45, 7) is 0.396. The molecule has 172 valence electrons. The normalized spacial score (nSPS) is 14.0. The van der Waals surface area contributed by atoms with Crippen molar-refractivity contribution in [2.45, 2.75) is 17.9 Å². The summed E-state index contributed by atoms with van der Waals surface area (Å²) < 4.78 is 45.8. The molecule has 1 N–H and O–H groups in total. The zero-order chi connectivity index (χ0) is 23.9. The number of carbonyl (C=O) groups is 1. The largest absolute Gasteiger partial charge is 0.422 e. The number of nitrogens with zero attached hydrogens (tertiary/aromatic N) is 1. The molecule has 0 atom stereocenters. The molecule has 0 saturated carbocycles. The fraction of sp³-hybridized carbons (Fsp3) is 0.120. The van der Waals surface area contributed by atoms with Gasteiger partial charge in [-0.25, -0.2) is 17.6 Å². The van der Waals surface area contributed by atoms with Crippen molar-refractivity contribution in [2.75, 3.05) is 11.9 Å². The van der Waals surface area contributed by atoms with Crippen molar-refractivity contribution in [3.8, 4) is 0 Å². The van der Waals surface area contributed by atoms with Crippen LogP contribution in [0.4, 0.5) is 10.1 Å². The van der Waals surface area contributed by atoms with Gasteiger partial charge in [0.15, 0.2) is 0 Å². The van der Waals surface area contributed by atoms with Gasteiger partial charge in [0.05, 0.1) is 4.90 Å². The van der Waals surface area contributed by atoms with Crippen LogP contribution in [-0.4, -0.2) is 25.2 Å². The molecule has 4 aromatic rings. The summed E-state index contributed by atoms with van der Waals surface area (Å²) in [5.41, 5.74) is 1.65. The van der Waals surface area contributed by atoms with Crippen LogP contribution in [0.5, 0.6) is 0 Å². The third kappa shape index (κ3) is 4.11. The third-order valence-electron chi connectivity index (χ3n) is 5.78. The number of para-hydroxylation sites is 1. The monoisotopic (exact) mass is 478 g/mol. The molecule has 0 saturated heterocycles. The second kappa shape index (κ2) is 8.51. The van der Waals surface area contributed by atoms with Gasteiger partial charge in [-0.3, -0.25) is 4.79 Å². The van der Waals surface area contributed by atoms with E-state index in [1.807, 2.05) is 6.07 Å². The fourth-order valence-corrected chi connectivity index (χ4v) is 5.41. The second-order valence-electron chi connectivity index (χ2n) is 7.97. The van der Waals surface area contributed by atoms with E-state index in [4.69, 9.17) is 4.42 Å². The van der Waals surface area contributed by atoms with Crippen molar-refractivity contribution in [3.05, 3.63) is 106 Å². The number of anilines is 1. The highest BCUT2D eigenvalue weighted by atomic mass is 32.2. The Morgan fingerprint density at radius 2 is 1.74 bits per heavy atom. The van der Waals surface area contributed by atoms with Crippen LogP contribution in [0.15, 0.2) is 86.9 Å². The molecule has 7 nitrogen and oxygen atoms in total. The lowest BCUT2D eigenvalue weighted by molar-refractivity contribution is 0.102. The number of benzene rings is 3. The zero-order valence-electron chi connectivity index (χ0n) is 17.8. The predicted octanol–water partition coefficient (Wildman–Crippen LogP) is 3.93. The Morgan fingerprint density at radius 3 is 2.53 bits per heavy atom. The third-order valence-corrected chi connectivity index (χ3v) is 7.64. The molecule has 0 aliphatic carbocycles. The first-order chi connectivity index (χ1) is 16.3. The first kappa shape index (κ1) is 22.0. The first-order valence-corrected chi connectivity index (χ1v) is 12.0. The molecule has 9 heteroatoms. The van der Waals surface area contributed by atoms with Gasteiger partial charge in [0.25, 0.3) is 5.91 Å². The van der Waals surface area contributed by atoms with Crippen molar-refractivity contribution >= 4 is 32.6 Å². The molecule has 5 rings (SSSR count). The highest BCUT2D eigenvalue weighted by molar-refractivity contribution is 7.89. The summed E-state index contributed by atoms with van der Waals surface area (Å²) in [6.07, 6.45) is 0.498. The van der Waals surface area contributed by atoms with E-state index in [0.717, 1.165) is 23.3 Å². The van der Waals surface area contributed by atoms with Crippen LogP contribution in [-0.2, 0) is 23.0 Å². The van der Waals surface area contributed by atoms with Gasteiger partial charge in [-0.2, -0.15) is 4.31 Å². The lowest BCUT2D eigenvalue weighted by Crippen LogP contribution is -2.36. The van der Waals surface area contributed by atoms with Crippen LogP contribution in [0.25, 0.3) is 11.0 Å². The van der Waals surface area contributed by atoms with E-state index in [2.05, 4.69) is 5.32 Å². The Hall–Kier alpha value is -3.82. The van der Waals surface area contributed by atoms with Gasteiger partial charge >= 0.3 is 5.63 Å². The van der Waals surface area contributed by atoms with Gasteiger partial charge < -0.3 is 9.73 Å². The molecule has 0 bridgehead atoms. The molecular weight excluding hydrogens is 459 g/mol. The molecule has 1 aliphatic rings. The smallest absolute Gasteiger partial charge is 0.349 e. The topological polar surface area (TPSA) is 96.7 Å². The molecule has 0 spiro atoms. The highest BCUT2D eigenvalue weighted by Gasteiger charge is 2.28. The fourth-order valence-electron chi connectivity index (χ4n) is 3.99. The van der Waals surface area contributed by atoms with Crippen molar-refractivity contribution in [3.63, 3.8) is 0 Å². The molecule has 1 aromatic heterocycles. The van der Waals surface area contributed by atoms with Crippen molar-refractivity contribution in [2.24, 2.45) is 0 Å². The second-order valence-corrected chi connectivity index (χ2v) is 9.90. The molecule has 0 unspecified atom stereocenters. The summed E-state index contributed by atoms with van der Waals surface area (Å²) in [4.78, 5) is 25.1. The number of carbonyl (C=O) groups excluding carboxylic acids is 1. The van der Waals surface area contributed by atoms with Crippen LogP contribution in [0.2, 0.25) is 0 Å². The average molecular weight is 479 g/mol. The van der Waals surface area contributed by atoms with Crippen LogP contribution >= 0.6 is 0 Å². The molecule has 34 heavy (non-hydrogen) atoms. The van der Waals surface area contributed by atoms with Crippen molar-refractivity contribution < 1.29 is 22.0 Å². The van der Waals surface area contributed by atoms with E-state index in [-0.39, 0.29) is 23.5 Å². The number of halogens is 1. The Morgan fingerprint density at radius 1 is 0.971 bits per heavy atom. The van der Waals surface area contributed by atoms with Gasteiger partial charge in [-0.15, -0.1) is 0 Å². The molecule has 2 heterocycles. The Bertz CT molecular complexity index is 1580. The summed E-state index contributed by atoms with van der Waals surface area (Å²) in [6, 6.07) is 18.3. The Balaban J connectivity index is 1.39. The van der Waals surface area contributed by atoms with Crippen LogP contribution < -0.4 is 10.9 Å². The van der Waals surface area contributed by atoms with E-state index in [1.54, 1.807) is 36.4 Å². The number of sulfonamides is 1. The number of nitrogens with one attached hydrogen (secondary N) is 1. The van der Waals surface area contributed by atoms with E-state index in [0.29, 0.717) is 23.1 Å². The van der Waals surface area contributed by atoms with Crippen LogP contribution in [0.1, 0.15) is 21.5 Å². The summed E-state index contributed by atoms with van der Waals surface area (Å²) in [5.74, 6) is -1.13. The minimum Gasteiger partial charge on any atom is -0.422 e. The number of rotatable bonds is 4. The minimum absolute atomic E-state index is 0.0184. The maximum absolute atomic E-state index is 13.2.